The highest BCUT2D eigenvalue weighted by Crippen LogP contribution is 2.39. The van der Waals surface area contributed by atoms with E-state index in [9.17, 15) is 4.79 Å². The number of para-hydroxylation sites is 1. The maximum absolute atomic E-state index is 12.5. The summed E-state index contributed by atoms with van der Waals surface area (Å²) in [4.78, 5) is 21.0. The molecule has 0 unspecified atom stereocenters. The van der Waals surface area contributed by atoms with Crippen molar-refractivity contribution < 1.29 is 14.3 Å². The summed E-state index contributed by atoms with van der Waals surface area (Å²) in [5.74, 6) is 0.795. The molecule has 1 amide bonds. The van der Waals surface area contributed by atoms with E-state index in [2.05, 4.69) is 22.0 Å². The Hall–Kier alpha value is -2.44. The zero-order chi connectivity index (χ0) is 19.3. The van der Waals surface area contributed by atoms with E-state index in [-0.39, 0.29) is 24.7 Å². The van der Waals surface area contributed by atoms with Crippen LogP contribution in [0.25, 0.3) is 0 Å². The van der Waals surface area contributed by atoms with E-state index in [1.54, 1.807) is 7.11 Å². The third kappa shape index (κ3) is 4.03. The maximum atomic E-state index is 12.5. The highest BCUT2D eigenvalue weighted by molar-refractivity contribution is 5.77. The topological polar surface area (TPSA) is 54.9 Å². The van der Waals surface area contributed by atoms with Gasteiger partial charge >= 0.3 is 0 Å². The molecule has 6 nitrogen and oxygen atoms in total. The summed E-state index contributed by atoms with van der Waals surface area (Å²) in [7, 11) is 1.78. The van der Waals surface area contributed by atoms with Crippen LogP contribution in [0.15, 0.2) is 54.9 Å². The van der Waals surface area contributed by atoms with E-state index in [1.165, 1.54) is 5.56 Å². The Morgan fingerprint density at radius 2 is 1.82 bits per heavy atom. The number of ether oxygens (including phenoxy) is 2. The number of methoxy groups -OCH3 is 1. The van der Waals surface area contributed by atoms with Crippen molar-refractivity contribution in [2.75, 3.05) is 33.4 Å². The zero-order valence-corrected chi connectivity index (χ0v) is 16.2. The lowest BCUT2D eigenvalue weighted by atomic mass is 9.87. The summed E-state index contributed by atoms with van der Waals surface area (Å²) in [6, 6.07) is 14.4. The van der Waals surface area contributed by atoms with Crippen molar-refractivity contribution in [2.45, 2.75) is 31.0 Å². The van der Waals surface area contributed by atoms with E-state index in [4.69, 9.17) is 9.47 Å². The SMILES string of the molecule is CO[C@H]1CN(C2CCN(C(=O)COc3ccccc3)CC2)[C@H]1c1ccncc1. The lowest BCUT2D eigenvalue weighted by Crippen LogP contribution is -2.60. The Morgan fingerprint density at radius 3 is 2.50 bits per heavy atom. The average Bonchev–Trinajstić information content (AvgIpc) is 2.74. The van der Waals surface area contributed by atoms with Gasteiger partial charge in [0.2, 0.25) is 0 Å². The van der Waals surface area contributed by atoms with Gasteiger partial charge in [-0.3, -0.25) is 14.7 Å². The molecule has 0 aliphatic carbocycles. The molecule has 0 N–H and O–H groups in total. The van der Waals surface area contributed by atoms with Gasteiger partial charge in [-0.1, -0.05) is 18.2 Å². The van der Waals surface area contributed by atoms with E-state index < -0.39 is 0 Å². The van der Waals surface area contributed by atoms with Gasteiger partial charge < -0.3 is 14.4 Å². The predicted octanol–water partition coefficient (Wildman–Crippen LogP) is 2.52. The first-order chi connectivity index (χ1) is 13.8. The van der Waals surface area contributed by atoms with Gasteiger partial charge in [-0.05, 0) is 42.7 Å². The lowest BCUT2D eigenvalue weighted by molar-refractivity contribution is -0.139. The fourth-order valence-corrected chi connectivity index (χ4v) is 4.24. The van der Waals surface area contributed by atoms with Gasteiger partial charge in [0.05, 0.1) is 12.1 Å². The van der Waals surface area contributed by atoms with Crippen LogP contribution in [0.5, 0.6) is 5.75 Å². The number of nitrogens with zero attached hydrogens (tertiary/aromatic N) is 3. The number of pyridine rings is 1. The number of likely N-dealkylation sites (tertiary alicyclic amines) is 2. The number of hydrogen-bond acceptors (Lipinski definition) is 5. The summed E-state index contributed by atoms with van der Waals surface area (Å²) in [6.07, 6.45) is 5.87. The van der Waals surface area contributed by atoms with Crippen LogP contribution >= 0.6 is 0 Å². The zero-order valence-electron chi connectivity index (χ0n) is 16.2. The predicted molar refractivity (Wildman–Crippen MR) is 106 cm³/mol. The molecule has 4 rings (SSSR count). The minimum Gasteiger partial charge on any atom is -0.484 e. The maximum Gasteiger partial charge on any atom is 0.260 e. The molecular formula is C22H27N3O3. The summed E-state index contributed by atoms with van der Waals surface area (Å²) >= 11 is 0. The number of rotatable bonds is 6. The number of piperidine rings is 1. The molecule has 2 fully saturated rings. The first-order valence-corrected chi connectivity index (χ1v) is 9.90. The minimum atomic E-state index is 0.0614. The normalized spacial score (nSPS) is 23.2. The molecule has 0 bridgehead atoms. The quantitative estimate of drug-likeness (QED) is 0.770. The van der Waals surface area contributed by atoms with Crippen LogP contribution in [0, 0.1) is 0 Å². The Morgan fingerprint density at radius 1 is 1.11 bits per heavy atom. The van der Waals surface area contributed by atoms with Gasteiger partial charge in [-0.25, -0.2) is 0 Å². The van der Waals surface area contributed by atoms with Gasteiger partial charge in [0.1, 0.15) is 5.75 Å². The van der Waals surface area contributed by atoms with Crippen LogP contribution in [0.3, 0.4) is 0 Å². The summed E-state index contributed by atoms with van der Waals surface area (Å²) in [6.45, 7) is 2.60. The van der Waals surface area contributed by atoms with Gasteiger partial charge in [0, 0.05) is 45.2 Å². The Kier molecular flexibility index (Phi) is 5.88. The summed E-state index contributed by atoms with van der Waals surface area (Å²) < 4.78 is 11.3. The van der Waals surface area contributed by atoms with Gasteiger partial charge in [0.25, 0.3) is 5.91 Å². The second-order valence-corrected chi connectivity index (χ2v) is 7.41. The lowest BCUT2D eigenvalue weighted by Gasteiger charge is -2.53. The van der Waals surface area contributed by atoms with E-state index in [1.807, 2.05) is 47.6 Å². The molecule has 1 aromatic carbocycles. The van der Waals surface area contributed by atoms with Crippen molar-refractivity contribution in [3.63, 3.8) is 0 Å². The van der Waals surface area contributed by atoms with E-state index in [0.29, 0.717) is 6.04 Å². The molecule has 148 valence electrons. The molecule has 2 aromatic rings. The fourth-order valence-electron chi connectivity index (χ4n) is 4.24. The number of aromatic nitrogens is 1. The molecule has 2 aliphatic heterocycles. The molecule has 0 spiro atoms. The van der Waals surface area contributed by atoms with Crippen LogP contribution < -0.4 is 4.74 Å². The molecule has 2 saturated heterocycles. The average molecular weight is 381 g/mol. The van der Waals surface area contributed by atoms with Gasteiger partial charge in [0.15, 0.2) is 6.61 Å². The number of hydrogen-bond donors (Lipinski definition) is 0. The largest absolute Gasteiger partial charge is 0.484 e. The van der Waals surface area contributed by atoms with E-state index >= 15 is 0 Å². The molecule has 3 heterocycles. The van der Waals surface area contributed by atoms with Crippen molar-refractivity contribution in [1.29, 1.82) is 0 Å². The van der Waals surface area contributed by atoms with Crippen LogP contribution in [-0.2, 0) is 9.53 Å². The van der Waals surface area contributed by atoms with Crippen LogP contribution in [0.4, 0.5) is 0 Å². The van der Waals surface area contributed by atoms with Crippen molar-refractivity contribution >= 4 is 5.91 Å². The molecule has 2 atom stereocenters. The highest BCUT2D eigenvalue weighted by atomic mass is 16.5. The molecule has 6 heteroatoms. The highest BCUT2D eigenvalue weighted by Gasteiger charge is 2.44. The third-order valence-electron chi connectivity index (χ3n) is 5.84. The minimum absolute atomic E-state index is 0.0614. The molecule has 0 saturated carbocycles. The Balaban J connectivity index is 1.29. The van der Waals surface area contributed by atoms with Crippen molar-refractivity contribution in [3.05, 3.63) is 60.4 Å². The second-order valence-electron chi connectivity index (χ2n) is 7.41. The number of amides is 1. The molecule has 1 aromatic heterocycles. The van der Waals surface area contributed by atoms with Crippen LogP contribution in [0.1, 0.15) is 24.4 Å². The third-order valence-corrected chi connectivity index (χ3v) is 5.84. The molecular weight excluding hydrogens is 354 g/mol. The molecule has 2 aliphatic rings. The van der Waals surface area contributed by atoms with Crippen LogP contribution in [-0.4, -0.2) is 66.2 Å². The smallest absolute Gasteiger partial charge is 0.260 e. The Labute approximate surface area is 166 Å². The van der Waals surface area contributed by atoms with Crippen molar-refractivity contribution in [2.24, 2.45) is 0 Å². The van der Waals surface area contributed by atoms with Crippen LogP contribution in [0.2, 0.25) is 0 Å². The van der Waals surface area contributed by atoms with Crippen molar-refractivity contribution in [1.82, 2.24) is 14.8 Å². The van der Waals surface area contributed by atoms with Gasteiger partial charge in [-0.2, -0.15) is 0 Å². The van der Waals surface area contributed by atoms with Gasteiger partial charge in [-0.15, -0.1) is 0 Å². The first kappa shape index (κ1) is 18.9. The summed E-state index contributed by atoms with van der Waals surface area (Å²) in [5.41, 5.74) is 1.25. The number of carbonyl (C=O) groups excluding carboxylic acids is 1. The number of carbonyl (C=O) groups is 1. The Bertz CT molecular complexity index is 763. The monoisotopic (exact) mass is 381 g/mol. The summed E-state index contributed by atoms with van der Waals surface area (Å²) in [5, 5.41) is 0. The standard InChI is InChI=1S/C22H27N3O3/c1-27-20-15-25(22(20)17-7-11-23-12-8-17)18-9-13-24(14-10-18)21(26)16-28-19-5-3-2-4-6-19/h2-8,11-12,18,20,22H,9-10,13-16H2,1H3/t20-,22-/m0/s1. The van der Waals surface area contributed by atoms with Crippen molar-refractivity contribution in [3.8, 4) is 5.75 Å². The second kappa shape index (κ2) is 8.71. The van der Waals surface area contributed by atoms with E-state index in [0.717, 1.165) is 38.2 Å². The number of benzene rings is 1. The fraction of sp³-hybridized carbons (Fsp3) is 0.455. The first-order valence-electron chi connectivity index (χ1n) is 9.90. The molecule has 28 heavy (non-hydrogen) atoms. The molecule has 0 radical (unpaired) electrons.